The highest BCUT2D eigenvalue weighted by atomic mass is 32.2. The number of nitrogens with one attached hydrogen (secondary N) is 1. The van der Waals surface area contributed by atoms with Crippen molar-refractivity contribution in [3.63, 3.8) is 0 Å². The van der Waals surface area contributed by atoms with Gasteiger partial charge in [0.1, 0.15) is 10.3 Å². The van der Waals surface area contributed by atoms with E-state index in [1.165, 1.54) is 6.20 Å². The van der Waals surface area contributed by atoms with Gasteiger partial charge < -0.3 is 15.2 Å². The first-order valence-electron chi connectivity index (χ1n) is 6.87. The van der Waals surface area contributed by atoms with Crippen LogP contribution in [0.3, 0.4) is 0 Å². The number of rotatable bonds is 5. The van der Waals surface area contributed by atoms with E-state index in [1.807, 2.05) is 0 Å². The van der Waals surface area contributed by atoms with Crippen LogP contribution < -0.4 is 17.0 Å². The summed E-state index contributed by atoms with van der Waals surface area (Å²) in [5, 5.41) is -0.529. The Balaban J connectivity index is 2.52. The van der Waals surface area contributed by atoms with Gasteiger partial charge >= 0.3 is 11.9 Å². The Bertz CT molecular complexity index is 664. The highest BCUT2D eigenvalue weighted by Gasteiger charge is 2.39. The number of nitrogens with zero attached hydrogens (tertiary/aromatic N) is 2. The van der Waals surface area contributed by atoms with Gasteiger partial charge in [-0.15, -0.1) is 0 Å². The van der Waals surface area contributed by atoms with Crippen LogP contribution in [-0.4, -0.2) is 40.4 Å². The number of fused-ring (bicyclic) bond motifs is 1. The molecule has 124 valence electrons. The molecule has 2 rings (SSSR count). The Kier molecular flexibility index (Phi) is 5.40. The number of hydrogen-bond donors (Lipinski definition) is 3. The molecule has 0 saturated heterocycles. The molecule has 0 saturated carbocycles. The summed E-state index contributed by atoms with van der Waals surface area (Å²) in [5.41, 5.74) is 8.96. The molecule has 0 bridgehead atoms. The van der Waals surface area contributed by atoms with Gasteiger partial charge in [-0.05, 0) is 13.8 Å². The van der Waals surface area contributed by atoms with Crippen LogP contribution in [0.15, 0.2) is 16.8 Å². The van der Waals surface area contributed by atoms with E-state index in [9.17, 15) is 9.59 Å². The molecule has 10 heteroatoms. The molecule has 1 aromatic heterocycles. The van der Waals surface area contributed by atoms with Gasteiger partial charge in [0.2, 0.25) is 5.95 Å². The van der Waals surface area contributed by atoms with Crippen molar-refractivity contribution >= 4 is 35.3 Å². The molecule has 23 heavy (non-hydrogen) atoms. The molecular weight excluding hydrogens is 322 g/mol. The fourth-order valence-corrected chi connectivity index (χ4v) is 3.13. The van der Waals surface area contributed by atoms with Crippen LogP contribution >= 0.6 is 11.8 Å². The molecule has 0 spiro atoms. The van der Waals surface area contributed by atoms with E-state index in [2.05, 4.69) is 15.4 Å². The Hall–Kier alpha value is -2.33. The molecule has 1 unspecified atom stereocenters. The lowest BCUT2D eigenvalue weighted by Gasteiger charge is -2.25. The van der Waals surface area contributed by atoms with Crippen LogP contribution in [0, 0.1) is 0 Å². The number of carbonyl (C=O) groups is 2. The molecule has 1 atom stereocenters. The van der Waals surface area contributed by atoms with Crippen LogP contribution in [0.4, 0.5) is 5.95 Å². The molecular formula is C13H17N5O4S. The SMILES string of the molecule is CCOC(=O)C1=C(N)c2cnc(NN)nc2SC1C(=O)OCC. The third kappa shape index (κ3) is 3.37. The summed E-state index contributed by atoms with van der Waals surface area (Å²) in [6, 6.07) is 0. The minimum Gasteiger partial charge on any atom is -0.465 e. The largest absolute Gasteiger partial charge is 0.465 e. The summed E-state index contributed by atoms with van der Waals surface area (Å²) in [6.45, 7) is 3.68. The molecule has 2 heterocycles. The van der Waals surface area contributed by atoms with Crippen molar-refractivity contribution < 1.29 is 19.1 Å². The highest BCUT2D eigenvalue weighted by Crippen LogP contribution is 2.40. The summed E-state index contributed by atoms with van der Waals surface area (Å²) in [5.74, 6) is 4.20. The van der Waals surface area contributed by atoms with Crippen molar-refractivity contribution in [1.82, 2.24) is 9.97 Å². The predicted molar refractivity (Wildman–Crippen MR) is 83.9 cm³/mol. The number of anilines is 1. The van der Waals surface area contributed by atoms with E-state index >= 15 is 0 Å². The molecule has 0 aromatic carbocycles. The van der Waals surface area contributed by atoms with E-state index in [0.717, 1.165) is 11.8 Å². The van der Waals surface area contributed by atoms with Crippen LogP contribution in [0.25, 0.3) is 5.70 Å². The lowest BCUT2D eigenvalue weighted by atomic mass is 10.1. The van der Waals surface area contributed by atoms with Crippen LogP contribution in [-0.2, 0) is 19.1 Å². The first-order chi connectivity index (χ1) is 11.0. The normalized spacial score (nSPS) is 16.6. The van der Waals surface area contributed by atoms with Crippen molar-refractivity contribution in [3.05, 3.63) is 17.3 Å². The summed E-state index contributed by atoms with van der Waals surface area (Å²) < 4.78 is 10.0. The summed E-state index contributed by atoms with van der Waals surface area (Å²) in [6.07, 6.45) is 1.43. The topological polar surface area (TPSA) is 142 Å². The molecule has 1 aliphatic heterocycles. The molecule has 9 nitrogen and oxygen atoms in total. The molecule has 0 amide bonds. The average molecular weight is 339 g/mol. The third-order valence-corrected chi connectivity index (χ3v) is 4.15. The molecule has 1 aromatic rings. The molecule has 1 aliphatic rings. The van der Waals surface area contributed by atoms with Gasteiger partial charge in [0.25, 0.3) is 0 Å². The van der Waals surface area contributed by atoms with Gasteiger partial charge in [-0.1, -0.05) is 11.8 Å². The summed E-state index contributed by atoms with van der Waals surface area (Å²) in [7, 11) is 0. The van der Waals surface area contributed by atoms with E-state index in [1.54, 1.807) is 13.8 Å². The van der Waals surface area contributed by atoms with Gasteiger partial charge in [0.15, 0.2) is 0 Å². The van der Waals surface area contributed by atoms with Gasteiger partial charge in [-0.25, -0.2) is 20.6 Å². The van der Waals surface area contributed by atoms with Gasteiger partial charge in [0.05, 0.1) is 24.5 Å². The minimum absolute atomic E-state index is 0.0415. The quantitative estimate of drug-likeness (QED) is 0.291. The van der Waals surface area contributed by atoms with Crippen molar-refractivity contribution in [1.29, 1.82) is 0 Å². The smallest absolute Gasteiger partial charge is 0.337 e. The number of ether oxygens (including phenoxy) is 2. The number of esters is 2. The number of hydrogen-bond acceptors (Lipinski definition) is 10. The minimum atomic E-state index is -0.956. The number of nitrogen functional groups attached to an aromatic ring is 1. The first kappa shape index (κ1) is 17.0. The van der Waals surface area contributed by atoms with Gasteiger partial charge in [-0.3, -0.25) is 10.2 Å². The molecule has 0 fully saturated rings. The average Bonchev–Trinajstić information content (AvgIpc) is 2.54. The zero-order valence-corrected chi connectivity index (χ0v) is 13.5. The standard InChI is InChI=1S/C13H17N5O4S/c1-3-21-11(19)7-8(14)6-5-16-13(18-15)17-10(6)23-9(7)12(20)22-4-2/h5,9H,3-4,14-15H2,1-2H3,(H,16,17,18). The van der Waals surface area contributed by atoms with Gasteiger partial charge in [-0.2, -0.15) is 0 Å². The maximum Gasteiger partial charge on any atom is 0.337 e. The second-order valence-electron chi connectivity index (χ2n) is 4.35. The first-order valence-corrected chi connectivity index (χ1v) is 7.75. The van der Waals surface area contributed by atoms with Crippen molar-refractivity contribution in [3.8, 4) is 0 Å². The number of carbonyl (C=O) groups excluding carboxylic acids is 2. The van der Waals surface area contributed by atoms with E-state index in [-0.39, 0.29) is 30.4 Å². The summed E-state index contributed by atoms with van der Waals surface area (Å²) >= 11 is 1.04. The van der Waals surface area contributed by atoms with E-state index < -0.39 is 17.2 Å². The van der Waals surface area contributed by atoms with Crippen molar-refractivity contribution in [2.45, 2.75) is 24.1 Å². The highest BCUT2D eigenvalue weighted by molar-refractivity contribution is 8.01. The van der Waals surface area contributed by atoms with E-state index in [0.29, 0.717) is 10.6 Å². The number of aromatic nitrogens is 2. The Morgan fingerprint density at radius 2 is 2.04 bits per heavy atom. The maximum absolute atomic E-state index is 12.2. The van der Waals surface area contributed by atoms with Crippen LogP contribution in [0.2, 0.25) is 0 Å². The zero-order valence-electron chi connectivity index (χ0n) is 12.7. The van der Waals surface area contributed by atoms with Gasteiger partial charge in [0, 0.05) is 11.8 Å². The van der Waals surface area contributed by atoms with E-state index in [4.69, 9.17) is 21.1 Å². The Labute approximate surface area is 136 Å². The lowest BCUT2D eigenvalue weighted by Crippen LogP contribution is -2.33. The maximum atomic E-state index is 12.2. The monoisotopic (exact) mass is 339 g/mol. The fraction of sp³-hybridized carbons (Fsp3) is 0.385. The molecule has 5 N–H and O–H groups in total. The second kappa shape index (κ2) is 7.29. The predicted octanol–water partition coefficient (Wildman–Crippen LogP) is 0.0325. The zero-order chi connectivity index (χ0) is 17.0. The third-order valence-electron chi connectivity index (χ3n) is 2.95. The number of hydrazine groups is 1. The molecule has 0 radical (unpaired) electrons. The summed E-state index contributed by atoms with van der Waals surface area (Å²) in [4.78, 5) is 32.5. The van der Waals surface area contributed by atoms with Crippen molar-refractivity contribution in [2.75, 3.05) is 18.6 Å². The Morgan fingerprint density at radius 3 is 2.65 bits per heavy atom. The van der Waals surface area contributed by atoms with Crippen LogP contribution in [0.5, 0.6) is 0 Å². The number of thioether (sulfide) groups is 1. The number of nitrogens with two attached hydrogens (primary N) is 2. The fourth-order valence-electron chi connectivity index (χ4n) is 1.98. The second-order valence-corrected chi connectivity index (χ2v) is 5.45. The Morgan fingerprint density at radius 1 is 1.35 bits per heavy atom. The van der Waals surface area contributed by atoms with Crippen molar-refractivity contribution in [2.24, 2.45) is 11.6 Å². The lowest BCUT2D eigenvalue weighted by molar-refractivity contribution is -0.145. The molecule has 0 aliphatic carbocycles. The van der Waals surface area contributed by atoms with Crippen LogP contribution in [0.1, 0.15) is 19.4 Å².